The van der Waals surface area contributed by atoms with Crippen LogP contribution in [0.4, 0.5) is 5.13 Å². The van der Waals surface area contributed by atoms with Gasteiger partial charge in [-0.05, 0) is 40.0 Å². The van der Waals surface area contributed by atoms with E-state index in [0.29, 0.717) is 5.13 Å². The number of hydrogen-bond donors (Lipinski definition) is 1. The highest BCUT2D eigenvalue weighted by Crippen LogP contribution is 2.27. The minimum absolute atomic E-state index is 0.643. The van der Waals surface area contributed by atoms with Gasteiger partial charge in [0.05, 0.1) is 10.7 Å². The summed E-state index contributed by atoms with van der Waals surface area (Å²) in [6, 6.07) is 5.97. The van der Waals surface area contributed by atoms with Crippen LogP contribution in [0.15, 0.2) is 22.7 Å². The van der Waals surface area contributed by atoms with E-state index in [9.17, 15) is 0 Å². The molecule has 17 heavy (non-hydrogen) atoms. The molecule has 90 valence electrons. The monoisotopic (exact) mass is 330 g/mol. The maximum Gasteiger partial charge on any atom is 0.180 e. The molecule has 2 aromatic rings. The van der Waals surface area contributed by atoms with Gasteiger partial charge in [-0.2, -0.15) is 0 Å². The molecule has 0 fully saturated rings. The Kier molecular flexibility index (Phi) is 4.07. The predicted octanol–water partition coefficient (Wildman–Crippen LogP) is 4.29. The number of anilines is 1. The summed E-state index contributed by atoms with van der Waals surface area (Å²) >= 11 is 11.0. The van der Waals surface area contributed by atoms with Gasteiger partial charge in [0, 0.05) is 15.8 Å². The second kappa shape index (κ2) is 5.38. The molecule has 0 aliphatic carbocycles. The molecule has 0 unspecified atom stereocenters. The number of aryl methyl sites for hydroxylation is 1. The number of aromatic nitrogens is 1. The third kappa shape index (κ3) is 3.00. The van der Waals surface area contributed by atoms with Crippen molar-refractivity contribution in [1.82, 2.24) is 4.98 Å². The van der Waals surface area contributed by atoms with Crippen molar-refractivity contribution in [1.29, 1.82) is 0 Å². The lowest BCUT2D eigenvalue weighted by molar-refractivity contribution is 1.02. The Labute approximate surface area is 118 Å². The molecule has 0 bridgehead atoms. The first kappa shape index (κ1) is 12.9. The first-order chi connectivity index (χ1) is 8.10. The summed E-state index contributed by atoms with van der Waals surface area (Å²) in [5.41, 5.74) is 8.04. The van der Waals surface area contributed by atoms with Crippen LogP contribution in [0.25, 0.3) is 0 Å². The first-order valence-corrected chi connectivity index (χ1v) is 7.27. The lowest BCUT2D eigenvalue weighted by atomic mass is 10.1. The fraction of sp³-hybridized carbons (Fsp3) is 0.250. The quantitative estimate of drug-likeness (QED) is 0.911. The maximum absolute atomic E-state index is 5.97. The van der Waals surface area contributed by atoms with Crippen molar-refractivity contribution in [3.63, 3.8) is 0 Å². The van der Waals surface area contributed by atoms with Crippen LogP contribution in [0.5, 0.6) is 0 Å². The molecule has 1 aromatic carbocycles. The second-order valence-electron chi connectivity index (χ2n) is 3.70. The molecule has 1 heterocycles. The van der Waals surface area contributed by atoms with Crippen LogP contribution in [-0.4, -0.2) is 4.98 Å². The van der Waals surface area contributed by atoms with E-state index in [1.807, 2.05) is 18.2 Å². The van der Waals surface area contributed by atoms with E-state index in [1.54, 1.807) is 11.3 Å². The molecule has 0 spiro atoms. The number of nitrogens with zero attached hydrogens (tertiary/aromatic N) is 1. The van der Waals surface area contributed by atoms with Gasteiger partial charge in [0.25, 0.3) is 0 Å². The number of halogens is 2. The lowest BCUT2D eigenvalue weighted by Crippen LogP contribution is -1.91. The van der Waals surface area contributed by atoms with Gasteiger partial charge in [-0.1, -0.05) is 24.6 Å². The van der Waals surface area contributed by atoms with Gasteiger partial charge in [0.2, 0.25) is 0 Å². The smallest absolute Gasteiger partial charge is 0.180 e. The fourth-order valence-corrected chi connectivity index (χ4v) is 3.15. The van der Waals surface area contributed by atoms with Crippen molar-refractivity contribution in [3.8, 4) is 0 Å². The average molecular weight is 332 g/mol. The highest BCUT2D eigenvalue weighted by Gasteiger charge is 2.09. The summed E-state index contributed by atoms with van der Waals surface area (Å²) in [4.78, 5) is 5.56. The molecule has 1 aromatic heterocycles. The molecule has 0 amide bonds. The Balaban J connectivity index is 2.27. The normalized spacial score (nSPS) is 10.8. The van der Waals surface area contributed by atoms with E-state index in [4.69, 9.17) is 17.3 Å². The maximum atomic E-state index is 5.97. The molecule has 0 saturated carbocycles. The topological polar surface area (TPSA) is 38.9 Å². The Morgan fingerprint density at radius 3 is 2.88 bits per heavy atom. The zero-order chi connectivity index (χ0) is 12.4. The second-order valence-corrected chi connectivity index (χ2v) is 6.08. The molecular weight excluding hydrogens is 320 g/mol. The number of nitrogens with two attached hydrogens (primary N) is 1. The van der Waals surface area contributed by atoms with Crippen LogP contribution in [0.3, 0.4) is 0 Å². The zero-order valence-electron chi connectivity index (χ0n) is 9.34. The molecule has 2 rings (SSSR count). The first-order valence-electron chi connectivity index (χ1n) is 5.28. The van der Waals surface area contributed by atoms with E-state index < -0.39 is 0 Å². The van der Waals surface area contributed by atoms with Gasteiger partial charge in [0.15, 0.2) is 5.13 Å². The summed E-state index contributed by atoms with van der Waals surface area (Å²) in [7, 11) is 0. The van der Waals surface area contributed by atoms with Gasteiger partial charge in [-0.15, -0.1) is 11.3 Å². The number of benzene rings is 1. The summed E-state index contributed by atoms with van der Waals surface area (Å²) < 4.78 is 0.923. The minimum Gasteiger partial charge on any atom is -0.375 e. The van der Waals surface area contributed by atoms with Crippen LogP contribution < -0.4 is 5.73 Å². The minimum atomic E-state index is 0.643. The molecule has 2 nitrogen and oxygen atoms in total. The molecule has 5 heteroatoms. The summed E-state index contributed by atoms with van der Waals surface area (Å²) in [5.74, 6) is 0. The van der Waals surface area contributed by atoms with Crippen molar-refractivity contribution in [2.45, 2.75) is 19.8 Å². The third-order valence-corrected chi connectivity index (χ3v) is 4.62. The lowest BCUT2D eigenvalue weighted by Gasteiger charge is -2.03. The van der Waals surface area contributed by atoms with Crippen LogP contribution in [-0.2, 0) is 12.8 Å². The number of nitrogen functional groups attached to an aromatic ring is 1. The van der Waals surface area contributed by atoms with E-state index in [0.717, 1.165) is 28.0 Å². The largest absolute Gasteiger partial charge is 0.375 e. The van der Waals surface area contributed by atoms with Gasteiger partial charge in [-0.3, -0.25) is 0 Å². The SMILES string of the molecule is CCc1nc(N)sc1Cc1ccc(Cl)c(Br)c1. The molecule has 0 atom stereocenters. The molecule has 0 aliphatic heterocycles. The van der Waals surface area contributed by atoms with Gasteiger partial charge in [0.1, 0.15) is 0 Å². The summed E-state index contributed by atoms with van der Waals surface area (Å²) in [6.45, 7) is 2.09. The highest BCUT2D eigenvalue weighted by molar-refractivity contribution is 9.10. The molecule has 0 aliphatic rings. The van der Waals surface area contributed by atoms with E-state index in [2.05, 4.69) is 27.8 Å². The number of rotatable bonds is 3. The van der Waals surface area contributed by atoms with Crippen LogP contribution in [0.2, 0.25) is 5.02 Å². The number of hydrogen-bond acceptors (Lipinski definition) is 3. The van der Waals surface area contributed by atoms with E-state index in [-0.39, 0.29) is 0 Å². The van der Waals surface area contributed by atoms with Crippen LogP contribution in [0.1, 0.15) is 23.1 Å². The predicted molar refractivity (Wildman–Crippen MR) is 77.9 cm³/mol. The summed E-state index contributed by atoms with van der Waals surface area (Å²) in [5, 5.41) is 1.37. The van der Waals surface area contributed by atoms with Crippen LogP contribution >= 0.6 is 38.9 Å². The molecular formula is C12H12BrClN2S. The van der Waals surface area contributed by atoms with Gasteiger partial charge in [-0.25, -0.2) is 4.98 Å². The Bertz CT molecular complexity index is 539. The highest BCUT2D eigenvalue weighted by atomic mass is 79.9. The zero-order valence-corrected chi connectivity index (χ0v) is 12.5. The molecule has 0 saturated heterocycles. The Morgan fingerprint density at radius 2 is 2.24 bits per heavy atom. The standard InChI is InChI=1S/C12H12BrClN2S/c1-2-10-11(17-12(15)16-10)6-7-3-4-9(14)8(13)5-7/h3-5H,2,6H2,1H3,(H2,15,16). The average Bonchev–Trinajstić information content (AvgIpc) is 2.64. The van der Waals surface area contributed by atoms with E-state index >= 15 is 0 Å². The number of thiazole rings is 1. The molecule has 2 N–H and O–H groups in total. The van der Waals surface area contributed by atoms with Crippen molar-refractivity contribution >= 4 is 44.0 Å². The van der Waals surface area contributed by atoms with Gasteiger partial charge < -0.3 is 5.73 Å². The Hall–Kier alpha value is -0.580. The third-order valence-electron chi connectivity index (χ3n) is 2.48. The van der Waals surface area contributed by atoms with Crippen molar-refractivity contribution in [2.75, 3.05) is 5.73 Å². The van der Waals surface area contributed by atoms with Gasteiger partial charge >= 0.3 is 0 Å². The van der Waals surface area contributed by atoms with Crippen molar-refractivity contribution in [3.05, 3.63) is 43.8 Å². The van der Waals surface area contributed by atoms with Crippen molar-refractivity contribution < 1.29 is 0 Å². The molecule has 0 radical (unpaired) electrons. The Morgan fingerprint density at radius 1 is 1.47 bits per heavy atom. The van der Waals surface area contributed by atoms with E-state index in [1.165, 1.54) is 10.4 Å². The fourth-order valence-electron chi connectivity index (χ4n) is 1.65. The van der Waals surface area contributed by atoms with Crippen LogP contribution in [0, 0.1) is 0 Å². The summed E-state index contributed by atoms with van der Waals surface area (Å²) in [6.07, 6.45) is 1.77. The van der Waals surface area contributed by atoms with Crippen molar-refractivity contribution in [2.24, 2.45) is 0 Å².